The number of carbonyl (C=O) groups is 1. The normalized spacial score (nSPS) is 11.0. The third-order valence-electron chi connectivity index (χ3n) is 4.22. The zero-order valence-corrected chi connectivity index (χ0v) is 15.1. The Labute approximate surface area is 147 Å². The Hall–Kier alpha value is -2.66. The van der Waals surface area contributed by atoms with Gasteiger partial charge >= 0.3 is 0 Å². The van der Waals surface area contributed by atoms with Crippen LogP contribution in [0.5, 0.6) is 0 Å². The lowest BCUT2D eigenvalue weighted by atomic mass is 10.1. The van der Waals surface area contributed by atoms with Crippen LogP contribution in [0.25, 0.3) is 16.9 Å². The number of fused-ring (bicyclic) bond motifs is 1. The molecule has 0 radical (unpaired) electrons. The average Bonchev–Trinajstić information content (AvgIpc) is 2.93. The zero-order chi connectivity index (χ0) is 18.0. The maximum absolute atomic E-state index is 12.3. The minimum atomic E-state index is 0.0561. The minimum absolute atomic E-state index is 0.0561. The van der Waals surface area contributed by atoms with E-state index in [1.807, 2.05) is 53.9 Å². The molecule has 25 heavy (non-hydrogen) atoms. The number of rotatable bonds is 5. The Kier molecular flexibility index (Phi) is 4.86. The van der Waals surface area contributed by atoms with Gasteiger partial charge < -0.3 is 14.0 Å². The quantitative estimate of drug-likeness (QED) is 0.719. The molecule has 5 nitrogen and oxygen atoms in total. The van der Waals surface area contributed by atoms with Crippen LogP contribution in [0, 0.1) is 6.92 Å². The maximum atomic E-state index is 12.3. The Bertz CT molecular complexity index is 895. The molecule has 0 saturated carbocycles. The average molecular weight is 337 g/mol. The number of likely N-dealkylation sites (N-methyl/N-ethyl adjacent to an activating group) is 1. The number of imidazole rings is 1. The number of hydrogen-bond acceptors (Lipinski definition) is 3. The van der Waals surface area contributed by atoms with Crippen LogP contribution >= 0.6 is 0 Å². The number of hydrogen-bond donors (Lipinski definition) is 0. The topological polar surface area (TPSA) is 46.8 Å². The number of amides is 1. The number of aromatic nitrogens is 2. The van der Waals surface area contributed by atoms with Gasteiger partial charge in [-0.05, 0) is 24.1 Å². The summed E-state index contributed by atoms with van der Waals surface area (Å²) in [6.45, 7) is 2.62. The van der Waals surface area contributed by atoms with E-state index in [2.05, 4.69) is 0 Å². The van der Waals surface area contributed by atoms with Gasteiger partial charge in [0.25, 0.3) is 0 Å². The largest absolute Gasteiger partial charge is 0.380 e. The zero-order valence-electron chi connectivity index (χ0n) is 15.1. The van der Waals surface area contributed by atoms with Crippen molar-refractivity contribution >= 4 is 11.6 Å². The number of carbonyl (C=O) groups excluding carboxylic acids is 1. The molecule has 0 fully saturated rings. The van der Waals surface area contributed by atoms with Crippen LogP contribution < -0.4 is 0 Å². The van der Waals surface area contributed by atoms with Gasteiger partial charge in [-0.25, -0.2) is 4.98 Å². The molecule has 1 aromatic carbocycles. The standard InChI is InChI=1S/C20H23N3O2/c1-14-5-10-18-21-20(16-8-6-15(7-9-16)13-25-4)17(23(18)12-14)11-19(24)22(2)3/h5-10,12H,11,13H2,1-4H3. The summed E-state index contributed by atoms with van der Waals surface area (Å²) in [6, 6.07) is 12.2. The van der Waals surface area contributed by atoms with Crippen molar-refractivity contribution in [1.29, 1.82) is 0 Å². The summed E-state index contributed by atoms with van der Waals surface area (Å²) in [4.78, 5) is 18.7. The van der Waals surface area contributed by atoms with Crippen LogP contribution in [-0.2, 0) is 22.6 Å². The van der Waals surface area contributed by atoms with Crippen LogP contribution in [0.2, 0.25) is 0 Å². The van der Waals surface area contributed by atoms with Gasteiger partial charge in [-0.1, -0.05) is 30.3 Å². The van der Waals surface area contributed by atoms with E-state index in [-0.39, 0.29) is 5.91 Å². The molecule has 0 N–H and O–H groups in total. The SMILES string of the molecule is COCc1ccc(-c2nc3ccc(C)cn3c2CC(=O)N(C)C)cc1. The van der Waals surface area contributed by atoms with Gasteiger partial charge in [-0.2, -0.15) is 0 Å². The van der Waals surface area contributed by atoms with Crippen LogP contribution in [0.3, 0.4) is 0 Å². The van der Waals surface area contributed by atoms with Gasteiger partial charge in [0.05, 0.1) is 24.4 Å². The molecule has 0 aliphatic carbocycles. The van der Waals surface area contributed by atoms with E-state index >= 15 is 0 Å². The summed E-state index contributed by atoms with van der Waals surface area (Å²) >= 11 is 0. The first-order valence-electron chi connectivity index (χ1n) is 8.25. The van der Waals surface area contributed by atoms with Crippen LogP contribution in [0.4, 0.5) is 0 Å². The van der Waals surface area contributed by atoms with Crippen molar-refractivity contribution in [3.05, 3.63) is 59.4 Å². The molecule has 0 atom stereocenters. The molecule has 0 aliphatic heterocycles. The number of pyridine rings is 1. The van der Waals surface area contributed by atoms with Crippen molar-refractivity contribution < 1.29 is 9.53 Å². The molecule has 3 rings (SSSR count). The van der Waals surface area contributed by atoms with Gasteiger partial charge in [0.15, 0.2) is 0 Å². The molecule has 0 unspecified atom stereocenters. The lowest BCUT2D eigenvalue weighted by molar-refractivity contribution is -0.128. The Morgan fingerprint density at radius 2 is 1.88 bits per heavy atom. The second-order valence-electron chi connectivity index (χ2n) is 6.44. The van der Waals surface area contributed by atoms with Gasteiger partial charge in [-0.3, -0.25) is 4.79 Å². The fraction of sp³-hybridized carbons (Fsp3) is 0.300. The molecule has 130 valence electrons. The first kappa shape index (κ1) is 17.2. The first-order chi connectivity index (χ1) is 12.0. The molecule has 2 heterocycles. The third-order valence-corrected chi connectivity index (χ3v) is 4.22. The van der Waals surface area contributed by atoms with E-state index in [0.717, 1.165) is 33.7 Å². The lowest BCUT2D eigenvalue weighted by Gasteiger charge is -2.11. The fourth-order valence-corrected chi connectivity index (χ4v) is 2.83. The summed E-state index contributed by atoms with van der Waals surface area (Å²) in [7, 11) is 5.23. The smallest absolute Gasteiger partial charge is 0.228 e. The van der Waals surface area contributed by atoms with Crippen molar-refractivity contribution in [2.24, 2.45) is 0 Å². The molecule has 0 aliphatic rings. The molecule has 1 amide bonds. The number of benzene rings is 1. The van der Waals surface area contributed by atoms with Crippen molar-refractivity contribution in [2.75, 3.05) is 21.2 Å². The van der Waals surface area contributed by atoms with E-state index < -0.39 is 0 Å². The summed E-state index contributed by atoms with van der Waals surface area (Å²) in [6.07, 6.45) is 2.34. The Balaban J connectivity index is 2.11. The predicted octanol–water partition coefficient (Wildman–Crippen LogP) is 3.09. The van der Waals surface area contributed by atoms with Gasteiger partial charge in [0, 0.05) is 33.0 Å². The van der Waals surface area contributed by atoms with Gasteiger partial charge in [0.1, 0.15) is 5.65 Å². The molecule has 0 saturated heterocycles. The molecular weight excluding hydrogens is 314 g/mol. The second-order valence-corrected chi connectivity index (χ2v) is 6.44. The highest BCUT2D eigenvalue weighted by atomic mass is 16.5. The van der Waals surface area contributed by atoms with E-state index in [9.17, 15) is 4.79 Å². The van der Waals surface area contributed by atoms with Crippen molar-refractivity contribution in [3.8, 4) is 11.3 Å². The molecule has 0 bridgehead atoms. The molecule has 3 aromatic rings. The third kappa shape index (κ3) is 3.56. The Morgan fingerprint density at radius 1 is 1.16 bits per heavy atom. The molecule has 0 spiro atoms. The van der Waals surface area contributed by atoms with E-state index in [1.54, 1.807) is 26.1 Å². The van der Waals surface area contributed by atoms with Crippen molar-refractivity contribution in [3.63, 3.8) is 0 Å². The summed E-state index contributed by atoms with van der Waals surface area (Å²) < 4.78 is 7.19. The Morgan fingerprint density at radius 3 is 2.52 bits per heavy atom. The van der Waals surface area contributed by atoms with Gasteiger partial charge in [0.2, 0.25) is 5.91 Å². The highest BCUT2D eigenvalue weighted by Crippen LogP contribution is 2.26. The number of nitrogens with zero attached hydrogens (tertiary/aromatic N) is 3. The van der Waals surface area contributed by atoms with Crippen LogP contribution in [0.15, 0.2) is 42.6 Å². The second kappa shape index (κ2) is 7.07. The lowest BCUT2D eigenvalue weighted by Crippen LogP contribution is -2.24. The van der Waals surface area contributed by atoms with Crippen molar-refractivity contribution in [2.45, 2.75) is 20.0 Å². The fourth-order valence-electron chi connectivity index (χ4n) is 2.83. The van der Waals surface area contributed by atoms with Crippen LogP contribution in [-0.4, -0.2) is 41.4 Å². The van der Waals surface area contributed by atoms with E-state index in [4.69, 9.17) is 9.72 Å². The number of ether oxygens (including phenoxy) is 1. The molecule has 5 heteroatoms. The highest BCUT2D eigenvalue weighted by molar-refractivity contribution is 5.81. The first-order valence-corrected chi connectivity index (χ1v) is 8.25. The van der Waals surface area contributed by atoms with E-state index in [0.29, 0.717) is 13.0 Å². The maximum Gasteiger partial charge on any atom is 0.228 e. The predicted molar refractivity (Wildman–Crippen MR) is 98.5 cm³/mol. The number of aryl methyl sites for hydroxylation is 1. The summed E-state index contributed by atoms with van der Waals surface area (Å²) in [5.74, 6) is 0.0561. The minimum Gasteiger partial charge on any atom is -0.380 e. The van der Waals surface area contributed by atoms with E-state index in [1.165, 1.54) is 0 Å². The highest BCUT2D eigenvalue weighted by Gasteiger charge is 2.18. The van der Waals surface area contributed by atoms with Crippen molar-refractivity contribution in [1.82, 2.24) is 14.3 Å². The van der Waals surface area contributed by atoms with Gasteiger partial charge in [-0.15, -0.1) is 0 Å². The van der Waals surface area contributed by atoms with Crippen LogP contribution in [0.1, 0.15) is 16.8 Å². The summed E-state index contributed by atoms with van der Waals surface area (Å²) in [5, 5.41) is 0. The monoisotopic (exact) mass is 337 g/mol. The summed E-state index contributed by atoms with van der Waals surface area (Å²) in [5.41, 5.74) is 5.86. The molecule has 2 aromatic heterocycles. The number of methoxy groups -OCH3 is 1. The molecular formula is C20H23N3O2.